The van der Waals surface area contributed by atoms with E-state index in [-0.39, 0.29) is 11.8 Å². The third kappa shape index (κ3) is 5.25. The van der Waals surface area contributed by atoms with E-state index < -0.39 is 0 Å². The van der Waals surface area contributed by atoms with E-state index in [0.29, 0.717) is 0 Å². The first-order valence-corrected chi connectivity index (χ1v) is 11.7. The molecule has 3 heterocycles. The Morgan fingerprint density at radius 1 is 0.969 bits per heavy atom. The van der Waals surface area contributed by atoms with E-state index in [1.54, 1.807) is 0 Å². The van der Waals surface area contributed by atoms with Gasteiger partial charge in [-0.1, -0.05) is 31.2 Å². The molecule has 32 heavy (non-hydrogen) atoms. The molecule has 3 aromatic rings. The molecule has 1 aromatic carbocycles. The van der Waals surface area contributed by atoms with Crippen LogP contribution in [-0.2, 0) is 24.3 Å². The van der Waals surface area contributed by atoms with Gasteiger partial charge in [-0.05, 0) is 48.6 Å². The Hall–Kier alpha value is -2.99. The number of rotatable bonds is 8. The highest BCUT2D eigenvalue weighted by molar-refractivity contribution is 5.79. The minimum atomic E-state index is -0.0409. The Kier molecular flexibility index (Phi) is 7.32. The lowest BCUT2D eigenvalue weighted by Crippen LogP contribution is -2.37. The van der Waals surface area contributed by atoms with E-state index in [0.717, 1.165) is 63.5 Å². The maximum absolute atomic E-state index is 13.4. The van der Waals surface area contributed by atoms with Crippen molar-refractivity contribution in [1.82, 2.24) is 24.3 Å². The van der Waals surface area contributed by atoms with Gasteiger partial charge in [-0.3, -0.25) is 14.7 Å². The monoisotopic (exact) mass is 431 g/mol. The summed E-state index contributed by atoms with van der Waals surface area (Å²) in [6, 6.07) is 12.6. The predicted molar refractivity (Wildman–Crippen MR) is 127 cm³/mol. The average Bonchev–Trinajstić information content (AvgIpc) is 3.23. The van der Waals surface area contributed by atoms with Crippen molar-refractivity contribution in [3.63, 3.8) is 0 Å². The predicted octanol–water partition coefficient (Wildman–Crippen LogP) is 3.88. The molecule has 1 aliphatic heterocycles. The summed E-state index contributed by atoms with van der Waals surface area (Å²) in [5.74, 6) is 1.32. The number of pyridine rings is 1. The summed E-state index contributed by atoms with van der Waals surface area (Å²) in [6.45, 7) is 9.24. The van der Waals surface area contributed by atoms with Crippen molar-refractivity contribution >= 4 is 5.91 Å². The summed E-state index contributed by atoms with van der Waals surface area (Å²) in [5.41, 5.74) is 3.53. The van der Waals surface area contributed by atoms with Crippen LogP contribution in [0, 0.1) is 5.92 Å². The van der Waals surface area contributed by atoms with Gasteiger partial charge >= 0.3 is 0 Å². The molecule has 6 heteroatoms. The van der Waals surface area contributed by atoms with Gasteiger partial charge in [0.15, 0.2) is 0 Å². The number of carbonyl (C=O) groups is 1. The zero-order chi connectivity index (χ0) is 22.3. The molecule has 1 atom stereocenters. The first kappa shape index (κ1) is 22.2. The van der Waals surface area contributed by atoms with Gasteiger partial charge in [0.1, 0.15) is 5.82 Å². The molecule has 1 saturated heterocycles. The zero-order valence-corrected chi connectivity index (χ0v) is 19.2. The van der Waals surface area contributed by atoms with Crippen molar-refractivity contribution in [1.29, 1.82) is 0 Å². The smallest absolute Gasteiger partial charge is 0.227 e. The molecule has 2 aromatic heterocycles. The van der Waals surface area contributed by atoms with E-state index in [1.165, 1.54) is 11.1 Å². The highest BCUT2D eigenvalue weighted by Crippen LogP contribution is 2.22. The van der Waals surface area contributed by atoms with Gasteiger partial charge in [-0.15, -0.1) is 0 Å². The maximum atomic E-state index is 13.4. The number of aromatic nitrogens is 3. The lowest BCUT2D eigenvalue weighted by Gasteiger charge is -2.24. The van der Waals surface area contributed by atoms with Crippen LogP contribution < -0.4 is 0 Å². The second-order valence-electron chi connectivity index (χ2n) is 8.52. The summed E-state index contributed by atoms with van der Waals surface area (Å²) in [5, 5.41) is 0. The normalized spacial score (nSPS) is 17.5. The second-order valence-corrected chi connectivity index (χ2v) is 8.52. The minimum absolute atomic E-state index is 0.0409. The molecule has 0 radical (unpaired) electrons. The Balaban J connectivity index is 1.50. The first-order valence-electron chi connectivity index (χ1n) is 11.7. The van der Waals surface area contributed by atoms with Gasteiger partial charge < -0.3 is 9.47 Å². The van der Waals surface area contributed by atoms with E-state index >= 15 is 0 Å². The van der Waals surface area contributed by atoms with E-state index in [1.807, 2.05) is 36.9 Å². The van der Waals surface area contributed by atoms with Gasteiger partial charge in [0.05, 0.1) is 12.5 Å². The summed E-state index contributed by atoms with van der Waals surface area (Å²) >= 11 is 0. The van der Waals surface area contributed by atoms with Crippen molar-refractivity contribution in [2.24, 2.45) is 5.92 Å². The number of aryl methyl sites for hydroxylation is 1. The van der Waals surface area contributed by atoms with E-state index in [4.69, 9.17) is 0 Å². The molecule has 0 unspecified atom stereocenters. The molecule has 6 nitrogen and oxygen atoms in total. The molecule has 168 valence electrons. The molecule has 1 amide bonds. The Morgan fingerprint density at radius 2 is 1.72 bits per heavy atom. The van der Waals surface area contributed by atoms with E-state index in [9.17, 15) is 4.79 Å². The van der Waals surface area contributed by atoms with Crippen LogP contribution in [0.1, 0.15) is 31.7 Å². The van der Waals surface area contributed by atoms with Crippen LogP contribution in [0.5, 0.6) is 0 Å². The fraction of sp³-hybridized carbons (Fsp3) is 0.423. The summed E-state index contributed by atoms with van der Waals surface area (Å²) in [4.78, 5) is 26.5. The molecule has 1 fully saturated rings. The van der Waals surface area contributed by atoms with Crippen LogP contribution in [0.15, 0.2) is 61.2 Å². The zero-order valence-electron chi connectivity index (χ0n) is 19.2. The van der Waals surface area contributed by atoms with Crippen LogP contribution >= 0.6 is 0 Å². The first-order chi connectivity index (χ1) is 15.7. The average molecular weight is 432 g/mol. The standard InChI is InChI=1S/C26H33N5O/c1-3-14-31-17-16-29(20-25-28-13-15-30(25)4-2)19-24(26(31)32)18-21-5-7-22(8-6-21)23-9-11-27-12-10-23/h5-13,15,24H,3-4,14,16-20H2,1-2H3/t24-/m1/s1. The molecule has 0 saturated carbocycles. The SMILES string of the molecule is CCCN1CCN(Cc2nccn2CC)C[C@@H](Cc2ccc(-c3ccncc3)cc2)C1=O. The molecule has 0 aliphatic carbocycles. The summed E-state index contributed by atoms with van der Waals surface area (Å²) < 4.78 is 2.18. The van der Waals surface area contributed by atoms with Crippen LogP contribution in [-0.4, -0.2) is 56.4 Å². The van der Waals surface area contributed by atoms with E-state index in [2.05, 4.69) is 62.4 Å². The topological polar surface area (TPSA) is 54.3 Å². The second kappa shape index (κ2) is 10.6. The lowest BCUT2D eigenvalue weighted by atomic mass is 9.95. The molecule has 0 bridgehead atoms. The number of imidazole rings is 1. The van der Waals surface area contributed by atoms with Crippen molar-refractivity contribution in [2.45, 2.75) is 39.8 Å². The number of benzene rings is 1. The van der Waals surface area contributed by atoms with Gasteiger partial charge in [0.25, 0.3) is 0 Å². The molecule has 4 rings (SSSR count). The maximum Gasteiger partial charge on any atom is 0.227 e. The molecular weight excluding hydrogens is 398 g/mol. The number of hydrogen-bond acceptors (Lipinski definition) is 4. The molecule has 1 aliphatic rings. The van der Waals surface area contributed by atoms with Crippen LogP contribution in [0.4, 0.5) is 0 Å². The van der Waals surface area contributed by atoms with Crippen LogP contribution in [0.25, 0.3) is 11.1 Å². The van der Waals surface area contributed by atoms with Crippen molar-refractivity contribution in [3.05, 3.63) is 72.6 Å². The molecular formula is C26H33N5O. The third-order valence-electron chi connectivity index (χ3n) is 6.28. The van der Waals surface area contributed by atoms with Crippen LogP contribution in [0.3, 0.4) is 0 Å². The molecule has 0 N–H and O–H groups in total. The largest absolute Gasteiger partial charge is 0.341 e. The van der Waals surface area contributed by atoms with Crippen molar-refractivity contribution in [3.8, 4) is 11.1 Å². The minimum Gasteiger partial charge on any atom is -0.341 e. The number of carbonyl (C=O) groups excluding carboxylic acids is 1. The quantitative estimate of drug-likeness (QED) is 0.543. The third-order valence-corrected chi connectivity index (χ3v) is 6.28. The highest BCUT2D eigenvalue weighted by Gasteiger charge is 2.30. The van der Waals surface area contributed by atoms with Gasteiger partial charge in [0, 0.05) is 57.5 Å². The molecule has 0 spiro atoms. The summed E-state index contributed by atoms with van der Waals surface area (Å²) in [6.07, 6.45) is 9.27. The number of amides is 1. The van der Waals surface area contributed by atoms with Gasteiger partial charge in [-0.2, -0.15) is 0 Å². The number of nitrogens with zero attached hydrogens (tertiary/aromatic N) is 5. The Labute approximate surface area is 190 Å². The fourth-order valence-electron chi connectivity index (χ4n) is 4.54. The van der Waals surface area contributed by atoms with Gasteiger partial charge in [0.2, 0.25) is 5.91 Å². The fourth-order valence-corrected chi connectivity index (χ4v) is 4.54. The summed E-state index contributed by atoms with van der Waals surface area (Å²) in [7, 11) is 0. The lowest BCUT2D eigenvalue weighted by molar-refractivity contribution is -0.134. The van der Waals surface area contributed by atoms with Crippen LogP contribution in [0.2, 0.25) is 0 Å². The highest BCUT2D eigenvalue weighted by atomic mass is 16.2. The Morgan fingerprint density at radius 3 is 2.44 bits per heavy atom. The van der Waals surface area contributed by atoms with Gasteiger partial charge in [-0.25, -0.2) is 4.98 Å². The van der Waals surface area contributed by atoms with Crippen molar-refractivity contribution in [2.75, 3.05) is 26.2 Å². The number of hydrogen-bond donors (Lipinski definition) is 0. The Bertz CT molecular complexity index is 999. The van der Waals surface area contributed by atoms with Crippen molar-refractivity contribution < 1.29 is 4.79 Å².